The summed E-state index contributed by atoms with van der Waals surface area (Å²) < 4.78 is 51.1. The van der Waals surface area contributed by atoms with Crippen LogP contribution in [0.15, 0.2) is 32.0 Å². The van der Waals surface area contributed by atoms with Crippen LogP contribution in [0, 0.1) is 0 Å². The van der Waals surface area contributed by atoms with Crippen molar-refractivity contribution in [1.82, 2.24) is 4.31 Å². The van der Waals surface area contributed by atoms with Crippen LogP contribution in [0.25, 0.3) is 0 Å². The topological polar surface area (TPSA) is 37.4 Å². The van der Waals surface area contributed by atoms with Crippen molar-refractivity contribution in [2.45, 2.75) is 11.3 Å². The second-order valence-corrected chi connectivity index (χ2v) is 7.57. The van der Waals surface area contributed by atoms with Gasteiger partial charge in [0.1, 0.15) is 0 Å². The molecule has 0 radical (unpaired) electrons. The fourth-order valence-electron chi connectivity index (χ4n) is 1.37. The third-order valence-corrected chi connectivity index (χ3v) is 5.71. The Labute approximate surface area is 132 Å². The van der Waals surface area contributed by atoms with Gasteiger partial charge in [0.15, 0.2) is 0 Å². The monoisotopic (exact) mass is 439 g/mol. The van der Waals surface area contributed by atoms with Crippen molar-refractivity contribution >= 4 is 53.5 Å². The van der Waals surface area contributed by atoms with Gasteiger partial charge >= 0.3 is 0 Å². The molecule has 3 nitrogen and oxygen atoms in total. The first-order valence-corrected chi connectivity index (χ1v) is 8.64. The van der Waals surface area contributed by atoms with Gasteiger partial charge in [-0.15, -0.1) is 11.6 Å². The number of hydrogen-bond donors (Lipinski definition) is 0. The van der Waals surface area contributed by atoms with Crippen LogP contribution in [0.4, 0.5) is 8.78 Å². The molecule has 0 unspecified atom stereocenters. The largest absolute Gasteiger partial charge is 0.252 e. The van der Waals surface area contributed by atoms with E-state index in [9.17, 15) is 17.2 Å². The summed E-state index contributed by atoms with van der Waals surface area (Å²) in [5, 5.41) is 0. The highest BCUT2D eigenvalue weighted by molar-refractivity contribution is 9.11. The van der Waals surface area contributed by atoms with Gasteiger partial charge in [-0.2, -0.15) is 4.31 Å². The maximum Gasteiger partial charge on any atom is 0.252 e. The molecule has 9 heteroatoms. The second-order valence-electron chi connectivity index (χ2n) is 3.52. The van der Waals surface area contributed by atoms with Gasteiger partial charge in [-0.3, -0.25) is 0 Å². The molecule has 0 bridgehead atoms. The van der Waals surface area contributed by atoms with Crippen LogP contribution in [0.3, 0.4) is 0 Å². The minimum absolute atomic E-state index is 0.0580. The third kappa shape index (κ3) is 4.63. The van der Waals surface area contributed by atoms with E-state index < -0.39 is 23.0 Å². The SMILES string of the molecule is O=S(=O)(c1cc(Br)ccc1Br)N(CCCl)CC(F)F. The number of benzene rings is 1. The predicted molar refractivity (Wildman–Crippen MR) is 77.3 cm³/mol. The van der Waals surface area contributed by atoms with Crippen molar-refractivity contribution < 1.29 is 17.2 Å². The van der Waals surface area contributed by atoms with Crippen LogP contribution in [0.5, 0.6) is 0 Å². The summed E-state index contributed by atoms with van der Waals surface area (Å²) in [6.45, 7) is -1.05. The van der Waals surface area contributed by atoms with Crippen LogP contribution in [-0.4, -0.2) is 38.1 Å². The maximum absolute atomic E-state index is 12.5. The number of nitrogens with zero attached hydrogens (tertiary/aromatic N) is 1. The van der Waals surface area contributed by atoms with Crippen LogP contribution in [0.2, 0.25) is 0 Å². The normalized spacial score (nSPS) is 12.4. The predicted octanol–water partition coefficient (Wildman–Crippen LogP) is 3.71. The van der Waals surface area contributed by atoms with E-state index in [1.807, 2.05) is 0 Å². The van der Waals surface area contributed by atoms with Gasteiger partial charge in [0.05, 0.1) is 11.4 Å². The standard InChI is InChI=1S/C10H10Br2ClF2NO2S/c11-7-1-2-8(12)9(5-7)19(17,18)16(4-3-13)6-10(14)15/h1-2,5,10H,3-4,6H2. The summed E-state index contributed by atoms with van der Waals surface area (Å²) in [7, 11) is -4.02. The van der Waals surface area contributed by atoms with E-state index in [0.717, 1.165) is 0 Å². The molecule has 0 heterocycles. The van der Waals surface area contributed by atoms with E-state index in [0.29, 0.717) is 13.3 Å². The Morgan fingerprint density at radius 1 is 1.32 bits per heavy atom. The molecular weight excluding hydrogens is 431 g/mol. The Balaban J connectivity index is 3.22. The lowest BCUT2D eigenvalue weighted by atomic mass is 10.4. The molecule has 0 aliphatic carbocycles. The molecule has 19 heavy (non-hydrogen) atoms. The highest BCUT2D eigenvalue weighted by atomic mass is 79.9. The van der Waals surface area contributed by atoms with Gasteiger partial charge in [0, 0.05) is 21.4 Å². The van der Waals surface area contributed by atoms with Gasteiger partial charge < -0.3 is 0 Å². The van der Waals surface area contributed by atoms with E-state index in [1.54, 1.807) is 6.07 Å². The third-order valence-electron chi connectivity index (χ3n) is 2.19. The van der Waals surface area contributed by atoms with Crippen molar-refractivity contribution in [2.75, 3.05) is 19.0 Å². The Kier molecular flexibility index (Phi) is 6.65. The summed E-state index contributed by atoms with van der Waals surface area (Å²) in [5.74, 6) is -0.0580. The highest BCUT2D eigenvalue weighted by Gasteiger charge is 2.28. The maximum atomic E-state index is 12.5. The van der Waals surface area contributed by atoms with Crippen LogP contribution >= 0.6 is 43.5 Å². The van der Waals surface area contributed by atoms with E-state index in [4.69, 9.17) is 11.6 Å². The lowest BCUT2D eigenvalue weighted by Crippen LogP contribution is -2.36. The molecule has 0 aromatic heterocycles. The molecule has 0 atom stereocenters. The first-order chi connectivity index (χ1) is 8.78. The van der Waals surface area contributed by atoms with E-state index >= 15 is 0 Å². The minimum atomic E-state index is -4.02. The molecule has 0 amide bonds. The Hall–Kier alpha value is 0.240. The number of sulfonamides is 1. The zero-order chi connectivity index (χ0) is 14.6. The fraction of sp³-hybridized carbons (Fsp3) is 0.400. The Bertz CT molecular complexity index is 542. The zero-order valence-electron chi connectivity index (χ0n) is 9.49. The van der Waals surface area contributed by atoms with Crippen molar-refractivity contribution in [1.29, 1.82) is 0 Å². The molecule has 0 saturated heterocycles. The molecule has 0 spiro atoms. The molecule has 0 aliphatic rings. The minimum Gasteiger partial charge on any atom is -0.209 e. The molecule has 1 aromatic carbocycles. The zero-order valence-corrected chi connectivity index (χ0v) is 14.2. The summed E-state index contributed by atoms with van der Waals surface area (Å²) in [4.78, 5) is -0.0763. The molecule has 1 aromatic rings. The molecule has 0 fully saturated rings. The first kappa shape index (κ1) is 17.3. The summed E-state index contributed by atoms with van der Waals surface area (Å²) in [5.41, 5.74) is 0. The Morgan fingerprint density at radius 3 is 2.47 bits per heavy atom. The van der Waals surface area contributed by atoms with Crippen LogP contribution < -0.4 is 0 Å². The summed E-state index contributed by atoms with van der Waals surface area (Å²) in [6, 6.07) is 4.52. The van der Waals surface area contributed by atoms with Gasteiger partial charge in [-0.25, -0.2) is 17.2 Å². The van der Waals surface area contributed by atoms with E-state index in [1.165, 1.54) is 12.1 Å². The van der Waals surface area contributed by atoms with Crippen molar-refractivity contribution in [3.05, 3.63) is 27.1 Å². The first-order valence-electron chi connectivity index (χ1n) is 5.08. The van der Waals surface area contributed by atoms with Crippen molar-refractivity contribution in [3.8, 4) is 0 Å². The number of hydrogen-bond acceptors (Lipinski definition) is 2. The van der Waals surface area contributed by atoms with E-state index in [-0.39, 0.29) is 17.3 Å². The van der Waals surface area contributed by atoms with Crippen molar-refractivity contribution in [2.24, 2.45) is 0 Å². The highest BCUT2D eigenvalue weighted by Crippen LogP contribution is 2.28. The molecule has 108 valence electrons. The number of rotatable bonds is 6. The number of alkyl halides is 3. The quantitative estimate of drug-likeness (QED) is 0.632. The molecule has 0 N–H and O–H groups in total. The van der Waals surface area contributed by atoms with Crippen LogP contribution in [-0.2, 0) is 10.0 Å². The fourth-order valence-corrected chi connectivity index (χ4v) is 4.56. The molecular formula is C10H10Br2ClF2NO2S. The summed E-state index contributed by atoms with van der Waals surface area (Å²) in [6.07, 6.45) is -2.76. The van der Waals surface area contributed by atoms with Crippen LogP contribution in [0.1, 0.15) is 0 Å². The lowest BCUT2D eigenvalue weighted by molar-refractivity contribution is 0.121. The Morgan fingerprint density at radius 2 is 1.95 bits per heavy atom. The average molecular weight is 442 g/mol. The summed E-state index contributed by atoms with van der Waals surface area (Å²) >= 11 is 11.7. The van der Waals surface area contributed by atoms with E-state index in [2.05, 4.69) is 31.9 Å². The van der Waals surface area contributed by atoms with Gasteiger partial charge in [-0.05, 0) is 34.1 Å². The number of halogens is 5. The second kappa shape index (κ2) is 7.31. The smallest absolute Gasteiger partial charge is 0.209 e. The molecule has 0 saturated carbocycles. The molecule has 1 rings (SSSR count). The van der Waals surface area contributed by atoms with Gasteiger partial charge in [0.25, 0.3) is 6.43 Å². The van der Waals surface area contributed by atoms with Crippen molar-refractivity contribution in [3.63, 3.8) is 0 Å². The molecule has 0 aliphatic heterocycles. The van der Waals surface area contributed by atoms with Gasteiger partial charge in [-0.1, -0.05) is 15.9 Å². The lowest BCUT2D eigenvalue weighted by Gasteiger charge is -2.21. The average Bonchev–Trinajstić information content (AvgIpc) is 2.31. The van der Waals surface area contributed by atoms with Gasteiger partial charge in [0.2, 0.25) is 10.0 Å².